The van der Waals surface area contributed by atoms with Crippen LogP contribution in [-0.2, 0) is 33.6 Å². The molecular weight excluding hydrogens is 516 g/mol. The molecule has 0 saturated carbocycles. The molecule has 2 aliphatic heterocycles. The minimum atomic E-state index is -0.521. The highest BCUT2D eigenvalue weighted by molar-refractivity contribution is 8.00. The molecule has 2 aliphatic rings. The second-order valence-electron chi connectivity index (χ2n) is 10.1. The molecule has 0 N–H and O–H groups in total. The lowest BCUT2D eigenvalue weighted by Gasteiger charge is -2.15. The normalized spacial score (nSPS) is 20.6. The van der Waals surface area contributed by atoms with E-state index in [1.54, 1.807) is 25.6 Å². The molecule has 2 saturated heterocycles. The summed E-state index contributed by atoms with van der Waals surface area (Å²) in [5, 5.41) is 2.04. The third kappa shape index (κ3) is 12.0. The van der Waals surface area contributed by atoms with Crippen LogP contribution >= 0.6 is 23.5 Å². The van der Waals surface area contributed by atoms with Crippen molar-refractivity contribution in [2.45, 2.75) is 103 Å². The summed E-state index contributed by atoms with van der Waals surface area (Å²) in [5.41, 5.74) is 0. The van der Waals surface area contributed by atoms with Crippen LogP contribution < -0.4 is 0 Å². The topological polar surface area (TPSA) is 118 Å². The molecule has 2 rings (SSSR count). The van der Waals surface area contributed by atoms with Gasteiger partial charge in [-0.1, -0.05) is 48.5 Å². The molecule has 0 spiro atoms. The highest BCUT2D eigenvalue weighted by Crippen LogP contribution is 2.23. The van der Waals surface area contributed by atoms with Crippen molar-refractivity contribution in [2.75, 3.05) is 12.3 Å². The van der Waals surface area contributed by atoms with Crippen molar-refractivity contribution >= 4 is 58.9 Å². The molecular formula is C26H42N2O7S2. The van der Waals surface area contributed by atoms with Gasteiger partial charge in [-0.3, -0.25) is 28.9 Å². The van der Waals surface area contributed by atoms with E-state index in [0.29, 0.717) is 33.7 Å². The van der Waals surface area contributed by atoms with Crippen LogP contribution in [0.15, 0.2) is 0 Å². The van der Waals surface area contributed by atoms with E-state index in [1.165, 1.54) is 0 Å². The van der Waals surface area contributed by atoms with E-state index in [2.05, 4.69) is 27.7 Å². The number of thioether (sulfide) groups is 2. The molecule has 3 atom stereocenters. The number of Topliss-reactive ketones (excluding diaryl/α,β-unsaturated/α-hetero) is 1. The molecule has 9 nitrogen and oxygen atoms in total. The molecule has 37 heavy (non-hydrogen) atoms. The van der Waals surface area contributed by atoms with Crippen LogP contribution in [-0.4, -0.2) is 73.4 Å². The van der Waals surface area contributed by atoms with Crippen LogP contribution in [0.2, 0.25) is 0 Å². The average molecular weight is 559 g/mol. The summed E-state index contributed by atoms with van der Waals surface area (Å²) in [4.78, 5) is 75.4. The largest absolute Gasteiger partial charge is 0.333 e. The summed E-state index contributed by atoms with van der Waals surface area (Å²) >= 11 is 3.60. The van der Waals surface area contributed by atoms with Gasteiger partial charge in [0.2, 0.25) is 11.8 Å². The molecule has 0 aliphatic carbocycles. The summed E-state index contributed by atoms with van der Waals surface area (Å²) in [6.07, 6.45) is 2.51. The number of carbonyl (C=O) groups excluding carboxylic acids is 6. The predicted molar refractivity (Wildman–Crippen MR) is 145 cm³/mol. The van der Waals surface area contributed by atoms with E-state index in [0.717, 1.165) is 17.1 Å². The van der Waals surface area contributed by atoms with Crippen LogP contribution in [0.1, 0.15) is 87.0 Å². The number of carbonyl (C=O) groups is 6. The van der Waals surface area contributed by atoms with Crippen molar-refractivity contribution in [1.82, 2.24) is 9.96 Å². The maximum absolute atomic E-state index is 11.7. The number of hydrogen-bond donors (Lipinski definition) is 0. The first-order chi connectivity index (χ1) is 17.2. The maximum atomic E-state index is 11.7. The van der Waals surface area contributed by atoms with Crippen molar-refractivity contribution < 1.29 is 33.6 Å². The van der Waals surface area contributed by atoms with Crippen molar-refractivity contribution in [3.63, 3.8) is 0 Å². The van der Waals surface area contributed by atoms with Gasteiger partial charge in [0, 0.05) is 42.8 Å². The van der Waals surface area contributed by atoms with E-state index in [-0.39, 0.29) is 49.3 Å². The number of hydrogen-bond acceptors (Lipinski definition) is 9. The van der Waals surface area contributed by atoms with Gasteiger partial charge in [-0.05, 0) is 29.1 Å². The summed E-state index contributed by atoms with van der Waals surface area (Å²) in [6.45, 7) is 13.8. The number of likely N-dealkylation sites (tertiary alicyclic amines) is 1. The number of ketones is 1. The lowest BCUT2D eigenvalue weighted by Crippen LogP contribution is -2.35. The number of imide groups is 2. The standard InChI is InChI=1S/C13H21NO4S.C13H21NO3S/c1-8(2)19-10(4)5-6-12(16)18-14-11(15)7-9(3)13(14)17;1-9(2)18-6-4-5-11(15)8-14-12(16)7-10(3)13(14)17/h8-10H,5-7H2,1-4H3;9-10H,4-8H2,1-3H3. The van der Waals surface area contributed by atoms with E-state index < -0.39 is 23.7 Å². The van der Waals surface area contributed by atoms with Gasteiger partial charge in [0.25, 0.3) is 11.8 Å². The third-order valence-corrected chi connectivity index (χ3v) is 8.07. The predicted octanol–water partition coefficient (Wildman–Crippen LogP) is 4.02. The fourth-order valence-electron chi connectivity index (χ4n) is 3.71. The lowest BCUT2D eigenvalue weighted by molar-refractivity contribution is -0.198. The molecule has 0 aromatic rings. The average Bonchev–Trinajstić information content (AvgIpc) is 3.17. The Hall–Kier alpha value is -1.88. The van der Waals surface area contributed by atoms with Gasteiger partial charge in [-0.2, -0.15) is 23.5 Å². The van der Waals surface area contributed by atoms with E-state index in [4.69, 9.17) is 4.84 Å². The minimum absolute atomic E-state index is 0.0184. The van der Waals surface area contributed by atoms with E-state index >= 15 is 0 Å². The quantitative estimate of drug-likeness (QED) is 0.244. The van der Waals surface area contributed by atoms with Gasteiger partial charge in [0.1, 0.15) is 0 Å². The molecule has 11 heteroatoms. The summed E-state index contributed by atoms with van der Waals surface area (Å²) in [5.74, 6) is -1.53. The van der Waals surface area contributed by atoms with Crippen LogP contribution in [0.5, 0.6) is 0 Å². The van der Waals surface area contributed by atoms with Gasteiger partial charge < -0.3 is 4.84 Å². The lowest BCUT2D eigenvalue weighted by atomic mass is 10.1. The van der Waals surface area contributed by atoms with Gasteiger partial charge in [0.15, 0.2) is 5.78 Å². The number of amides is 4. The van der Waals surface area contributed by atoms with Gasteiger partial charge >= 0.3 is 5.97 Å². The Morgan fingerprint density at radius 3 is 1.97 bits per heavy atom. The second kappa shape index (κ2) is 16.2. The van der Waals surface area contributed by atoms with Crippen molar-refractivity contribution in [3.8, 4) is 0 Å². The molecule has 2 heterocycles. The smallest absolute Gasteiger partial charge is 0.330 e. The molecule has 4 amide bonds. The monoisotopic (exact) mass is 558 g/mol. The SMILES string of the molecule is CC(C)SC(C)CCC(=O)ON1C(=O)CC(C)C1=O.CC(C)SCCCC(=O)CN1C(=O)CC(C)C1=O. The Bertz CT molecular complexity index is 847. The molecule has 0 aromatic carbocycles. The zero-order valence-electron chi connectivity index (χ0n) is 23.1. The van der Waals surface area contributed by atoms with Crippen molar-refractivity contribution in [3.05, 3.63) is 0 Å². The Morgan fingerprint density at radius 2 is 1.49 bits per heavy atom. The Balaban J connectivity index is 0.000000371. The Kier molecular flexibility index (Phi) is 14.5. The van der Waals surface area contributed by atoms with Gasteiger partial charge in [-0.25, -0.2) is 4.79 Å². The summed E-state index contributed by atoms with van der Waals surface area (Å²) in [7, 11) is 0. The fourth-order valence-corrected chi connectivity index (χ4v) is 5.68. The number of rotatable bonds is 13. The van der Waals surface area contributed by atoms with Gasteiger partial charge in [0.05, 0.1) is 6.54 Å². The molecule has 0 bridgehead atoms. The van der Waals surface area contributed by atoms with E-state index in [9.17, 15) is 28.8 Å². The first-order valence-corrected chi connectivity index (χ1v) is 14.9. The fraction of sp³-hybridized carbons (Fsp3) is 0.769. The van der Waals surface area contributed by atoms with Gasteiger partial charge in [-0.15, -0.1) is 5.06 Å². The third-order valence-electron chi connectivity index (χ3n) is 5.64. The van der Waals surface area contributed by atoms with Crippen LogP contribution in [0.3, 0.4) is 0 Å². The number of hydroxylamine groups is 2. The van der Waals surface area contributed by atoms with Crippen LogP contribution in [0, 0.1) is 11.8 Å². The molecule has 2 fully saturated rings. The first kappa shape index (κ1) is 33.1. The first-order valence-electron chi connectivity index (χ1n) is 12.9. The Labute approximate surface area is 229 Å². The highest BCUT2D eigenvalue weighted by atomic mass is 32.2. The summed E-state index contributed by atoms with van der Waals surface area (Å²) in [6, 6.07) is 0. The van der Waals surface area contributed by atoms with Crippen molar-refractivity contribution in [2.24, 2.45) is 11.8 Å². The molecule has 210 valence electrons. The zero-order chi connectivity index (χ0) is 28.3. The summed E-state index contributed by atoms with van der Waals surface area (Å²) < 4.78 is 0. The second-order valence-corrected chi connectivity index (χ2v) is 13.8. The molecule has 0 radical (unpaired) electrons. The number of nitrogens with zero attached hydrogens (tertiary/aromatic N) is 2. The highest BCUT2D eigenvalue weighted by Gasteiger charge is 2.39. The zero-order valence-corrected chi connectivity index (χ0v) is 24.7. The maximum Gasteiger partial charge on any atom is 0.333 e. The Morgan fingerprint density at radius 1 is 0.892 bits per heavy atom. The molecule has 3 unspecified atom stereocenters. The minimum Gasteiger partial charge on any atom is -0.330 e. The van der Waals surface area contributed by atoms with Crippen LogP contribution in [0.4, 0.5) is 0 Å². The van der Waals surface area contributed by atoms with E-state index in [1.807, 2.05) is 18.7 Å². The van der Waals surface area contributed by atoms with Crippen LogP contribution in [0.25, 0.3) is 0 Å². The molecule has 0 aromatic heterocycles. The van der Waals surface area contributed by atoms with Crippen molar-refractivity contribution in [1.29, 1.82) is 0 Å².